The molecule has 0 unspecified atom stereocenters. The summed E-state index contributed by atoms with van der Waals surface area (Å²) in [7, 11) is -2.87. The minimum absolute atomic E-state index is 0.266. The van der Waals surface area contributed by atoms with Gasteiger partial charge in [0.05, 0.1) is 27.5 Å². The van der Waals surface area contributed by atoms with Crippen molar-refractivity contribution in [2.45, 2.75) is 116 Å². The molecule has 0 radical (unpaired) electrons. The topological polar surface area (TPSA) is 65.5 Å². The van der Waals surface area contributed by atoms with Crippen molar-refractivity contribution in [2.75, 3.05) is 19.6 Å². The highest BCUT2D eigenvalue weighted by Crippen LogP contribution is 2.65. The van der Waals surface area contributed by atoms with Crippen molar-refractivity contribution in [3.63, 3.8) is 0 Å². The summed E-state index contributed by atoms with van der Waals surface area (Å²) in [6, 6.07) is 118. The van der Waals surface area contributed by atoms with Crippen LogP contribution in [0.5, 0.6) is 0 Å². The van der Waals surface area contributed by atoms with E-state index in [0.29, 0.717) is 0 Å². The SMILES string of the molecule is CC1(C)c2cc(N(c3ccccc3)c3ccc([Si](C)(C)C)cc3)ccc2-c2oc3c(c21)C(C)(C)c1cc(N(c2ccccc2)c2ccc([Si](C)(C)C)cc2)ccc1-3.CC1(C)c2cc(N(c3ccccc3)c3cccc4c3oc3ccccc34)ccc2-c2oc3c(c21)C(C)(C)c1cc(N(c2ccccc2)c2cccc4c2oc2ccccc24)ccc1-3. The van der Waals surface area contributed by atoms with E-state index >= 15 is 0 Å². The lowest BCUT2D eigenvalue weighted by molar-refractivity contribution is 0.592. The van der Waals surface area contributed by atoms with Crippen LogP contribution in [-0.2, 0) is 21.7 Å². The van der Waals surface area contributed by atoms with E-state index in [9.17, 15) is 0 Å². The normalized spacial score (nSPS) is 14.5. The van der Waals surface area contributed by atoms with Gasteiger partial charge in [-0.1, -0.05) is 263 Å². The van der Waals surface area contributed by atoms with Crippen molar-refractivity contribution in [1.29, 1.82) is 0 Å². The van der Waals surface area contributed by atoms with Crippen molar-refractivity contribution in [3.05, 3.63) is 372 Å². The third-order valence-corrected chi connectivity index (χ3v) is 30.5. The van der Waals surface area contributed by atoms with Gasteiger partial charge < -0.3 is 37.3 Å². The molecule has 0 N–H and O–H groups in total. The highest BCUT2D eigenvalue weighted by Gasteiger charge is 2.52. The van der Waals surface area contributed by atoms with E-state index in [1.807, 2.05) is 24.3 Å². The number of hydrogen-bond donors (Lipinski definition) is 0. The zero-order valence-corrected chi connectivity index (χ0v) is 72.6. The quantitative estimate of drug-likeness (QED) is 0.0998. The zero-order chi connectivity index (χ0) is 82.3. The van der Waals surface area contributed by atoms with Gasteiger partial charge in [-0.15, -0.1) is 0 Å². The van der Waals surface area contributed by atoms with Crippen LogP contribution in [0.3, 0.4) is 0 Å². The molecular formula is C110H96N4O4Si2. The molecule has 588 valence electrons. The Bertz CT molecular complexity index is 6690. The van der Waals surface area contributed by atoms with Gasteiger partial charge in [-0.25, -0.2) is 0 Å². The van der Waals surface area contributed by atoms with Crippen LogP contribution in [0.1, 0.15) is 99.9 Å². The second kappa shape index (κ2) is 27.2. The van der Waals surface area contributed by atoms with Gasteiger partial charge in [0.1, 0.15) is 34.2 Å². The Kier molecular flexibility index (Phi) is 16.9. The van der Waals surface area contributed by atoms with E-state index in [0.717, 1.165) is 135 Å². The predicted molar refractivity (Wildman–Crippen MR) is 507 cm³/mol. The van der Waals surface area contributed by atoms with Crippen LogP contribution in [-0.4, -0.2) is 16.1 Å². The van der Waals surface area contributed by atoms with Crippen molar-refractivity contribution >= 4 is 139 Å². The average molecular weight is 1590 g/mol. The van der Waals surface area contributed by atoms with Crippen LogP contribution in [0, 0.1) is 0 Å². The summed E-state index contributed by atoms with van der Waals surface area (Å²) in [4.78, 5) is 9.45. The minimum Gasteiger partial charge on any atom is -0.455 e. The third kappa shape index (κ3) is 11.6. The Morgan fingerprint density at radius 1 is 0.217 bits per heavy atom. The molecule has 22 rings (SSSR count). The molecule has 18 aromatic rings. The highest BCUT2D eigenvalue weighted by atomic mass is 28.3. The molecule has 14 aromatic carbocycles. The minimum atomic E-state index is -1.43. The maximum absolute atomic E-state index is 7.16. The van der Waals surface area contributed by atoms with E-state index in [-0.39, 0.29) is 21.7 Å². The molecular weight excluding hydrogens is 1500 g/mol. The monoisotopic (exact) mass is 1590 g/mol. The molecule has 0 atom stereocenters. The number of benzene rings is 14. The van der Waals surface area contributed by atoms with Gasteiger partial charge >= 0.3 is 0 Å². The predicted octanol–water partition coefficient (Wildman–Crippen LogP) is 30.6. The van der Waals surface area contributed by atoms with Crippen LogP contribution in [0.15, 0.2) is 345 Å². The van der Waals surface area contributed by atoms with E-state index in [1.165, 1.54) is 77.4 Å². The van der Waals surface area contributed by atoms with Gasteiger partial charge in [0.25, 0.3) is 0 Å². The van der Waals surface area contributed by atoms with Crippen LogP contribution < -0.4 is 30.0 Å². The second-order valence-electron chi connectivity index (χ2n) is 37.2. The molecule has 4 aromatic heterocycles. The summed E-state index contributed by atoms with van der Waals surface area (Å²) in [6.07, 6.45) is 0. The summed E-state index contributed by atoms with van der Waals surface area (Å²) < 4.78 is 27.5. The summed E-state index contributed by atoms with van der Waals surface area (Å²) >= 11 is 0. The Morgan fingerprint density at radius 3 is 0.750 bits per heavy atom. The van der Waals surface area contributed by atoms with E-state index in [2.05, 4.69) is 418 Å². The van der Waals surface area contributed by atoms with Gasteiger partial charge in [0.15, 0.2) is 11.2 Å². The first kappa shape index (κ1) is 74.4. The Labute approximate surface area is 704 Å². The van der Waals surface area contributed by atoms with E-state index in [1.54, 1.807) is 0 Å². The Morgan fingerprint density at radius 2 is 0.458 bits per heavy atom. The molecule has 10 heteroatoms. The van der Waals surface area contributed by atoms with Crippen LogP contribution in [0.2, 0.25) is 39.3 Å². The molecule has 0 amide bonds. The number of anilines is 12. The van der Waals surface area contributed by atoms with Gasteiger partial charge in [-0.3, -0.25) is 0 Å². The first-order valence-electron chi connectivity index (χ1n) is 42.2. The fraction of sp³-hybridized carbons (Fsp3) is 0.164. The van der Waals surface area contributed by atoms with Crippen molar-refractivity contribution in [2.24, 2.45) is 0 Å². The number of para-hydroxylation sites is 8. The van der Waals surface area contributed by atoms with Gasteiger partial charge in [0.2, 0.25) is 0 Å². The highest BCUT2D eigenvalue weighted by molar-refractivity contribution is 6.89. The standard InChI is InChI=1S/C58H42N2O3.C52H54N2OSi2/c1-57(2)45-33-37(59(35-17-7-5-8-18-35)47-25-15-23-41-39-21-11-13-27-49(39)61-53(41)47)29-31-43(45)55-51(57)52-56(63-55)44-32-30-38(34-46(44)58(52,3)4)60(36-19-9-6-10-20-36)48-26-16-24-42-40-22-12-14-28-50(40)62-54(42)48;1-51(2)45-33-39(53(35-17-13-11-14-18-35)37-21-27-41(28-22-37)56(5,6)7)25-31-43(45)49-47(51)48-50(55-49)44-32-26-40(34-46(44)52(48,3)4)54(36-19-15-12-16-20-36)38-23-29-42(30-24-38)57(8,9)10/h5-34H,1-4H3;11-34H,1-10H3. The number of hydrogen-bond acceptors (Lipinski definition) is 8. The van der Waals surface area contributed by atoms with Crippen molar-refractivity contribution in [3.8, 4) is 45.3 Å². The first-order chi connectivity index (χ1) is 57.8. The molecule has 8 nitrogen and oxygen atoms in total. The molecule has 0 bridgehead atoms. The maximum atomic E-state index is 7.16. The van der Waals surface area contributed by atoms with Crippen molar-refractivity contribution < 1.29 is 17.7 Å². The van der Waals surface area contributed by atoms with Crippen LogP contribution in [0.4, 0.5) is 68.2 Å². The lowest BCUT2D eigenvalue weighted by Crippen LogP contribution is -2.37. The molecule has 0 saturated heterocycles. The van der Waals surface area contributed by atoms with Gasteiger partial charge in [-0.2, -0.15) is 0 Å². The summed E-state index contributed by atoms with van der Waals surface area (Å²) in [6.45, 7) is 33.4. The van der Waals surface area contributed by atoms with E-state index in [4.69, 9.17) is 17.7 Å². The second-order valence-corrected chi connectivity index (χ2v) is 47.4. The third-order valence-electron chi connectivity index (χ3n) is 26.3. The number of fused-ring (bicyclic) bond motifs is 20. The molecule has 0 aliphatic heterocycles. The first-order valence-corrected chi connectivity index (χ1v) is 49.2. The average Bonchev–Trinajstić information content (AvgIpc) is 1.52. The molecule has 4 aliphatic rings. The lowest BCUT2D eigenvalue weighted by Gasteiger charge is -2.30. The summed E-state index contributed by atoms with van der Waals surface area (Å²) in [5.74, 6) is 3.99. The molecule has 0 fully saturated rings. The molecule has 4 aliphatic carbocycles. The number of nitrogens with zero attached hydrogens (tertiary/aromatic N) is 4. The van der Waals surface area contributed by atoms with Crippen LogP contribution in [0.25, 0.3) is 89.2 Å². The largest absolute Gasteiger partial charge is 0.455 e. The van der Waals surface area contributed by atoms with Crippen molar-refractivity contribution in [1.82, 2.24) is 0 Å². The number of furan rings is 4. The lowest BCUT2D eigenvalue weighted by atomic mass is 9.74. The number of rotatable bonds is 14. The molecule has 4 heterocycles. The fourth-order valence-electron chi connectivity index (χ4n) is 20.2. The zero-order valence-electron chi connectivity index (χ0n) is 70.6. The fourth-order valence-corrected chi connectivity index (χ4v) is 22.5. The smallest absolute Gasteiger partial charge is 0.159 e. The summed E-state index contributed by atoms with van der Waals surface area (Å²) in [5, 5.41) is 7.36. The molecule has 0 saturated carbocycles. The van der Waals surface area contributed by atoms with Gasteiger partial charge in [0, 0.05) is 145 Å². The van der Waals surface area contributed by atoms with Crippen LogP contribution >= 0.6 is 0 Å². The Balaban J connectivity index is 0.000000149. The van der Waals surface area contributed by atoms with Gasteiger partial charge in [-0.05, 0) is 192 Å². The Hall–Kier alpha value is -13.1. The maximum Gasteiger partial charge on any atom is 0.159 e. The van der Waals surface area contributed by atoms with E-state index < -0.39 is 16.1 Å². The molecule has 120 heavy (non-hydrogen) atoms. The molecule has 0 spiro atoms. The summed E-state index contributed by atoms with van der Waals surface area (Å²) in [5.41, 5.74) is 30.4.